The Morgan fingerprint density at radius 2 is 1.42 bits per heavy atom. The van der Waals surface area contributed by atoms with Crippen LogP contribution in [0.1, 0.15) is 57.7 Å². The molecule has 0 amide bonds. The maximum absolute atomic E-state index is 3.59. The highest BCUT2D eigenvalue weighted by molar-refractivity contribution is 5.29. The highest BCUT2D eigenvalue weighted by Gasteiger charge is 2.19. The quantitative estimate of drug-likeness (QED) is 0.813. The van der Waals surface area contributed by atoms with Crippen LogP contribution < -0.4 is 5.32 Å². The average Bonchev–Trinajstić information content (AvgIpc) is 2.11. The van der Waals surface area contributed by atoms with E-state index in [4.69, 9.17) is 0 Å². The van der Waals surface area contributed by atoms with Crippen molar-refractivity contribution in [2.75, 3.05) is 6.54 Å². The summed E-state index contributed by atoms with van der Waals surface area (Å²) in [5.74, 6) is 0. The van der Waals surface area contributed by atoms with Crippen LogP contribution in [-0.2, 0) is 6.42 Å². The van der Waals surface area contributed by atoms with E-state index in [1.807, 2.05) is 0 Å². The van der Waals surface area contributed by atoms with Gasteiger partial charge in [-0.3, -0.25) is 0 Å². The smallest absolute Gasteiger partial charge is 0.00965 e. The van der Waals surface area contributed by atoms with Crippen molar-refractivity contribution in [1.29, 1.82) is 0 Å². The molecule has 1 N–H and O–H groups in total. The predicted molar refractivity (Wildman–Crippen MR) is 85.8 cm³/mol. The third-order valence-corrected chi connectivity index (χ3v) is 3.42. The fourth-order valence-electron chi connectivity index (χ4n) is 2.59. The lowest BCUT2D eigenvalue weighted by atomic mass is 9.82. The summed E-state index contributed by atoms with van der Waals surface area (Å²) < 4.78 is 0. The lowest BCUT2D eigenvalue weighted by Gasteiger charge is -2.28. The largest absolute Gasteiger partial charge is 0.312 e. The molecule has 0 atom stereocenters. The van der Waals surface area contributed by atoms with E-state index in [0.29, 0.717) is 5.41 Å². The van der Waals surface area contributed by atoms with E-state index in [2.05, 4.69) is 72.0 Å². The first-order valence-corrected chi connectivity index (χ1v) is 7.40. The van der Waals surface area contributed by atoms with Crippen molar-refractivity contribution in [1.82, 2.24) is 5.32 Å². The zero-order valence-electron chi connectivity index (χ0n) is 13.9. The van der Waals surface area contributed by atoms with E-state index in [0.717, 1.165) is 13.0 Å². The predicted octanol–water partition coefficient (Wildman–Crippen LogP) is 4.65. The average molecular weight is 261 g/mol. The highest BCUT2D eigenvalue weighted by Crippen LogP contribution is 2.26. The third-order valence-electron chi connectivity index (χ3n) is 3.42. The van der Waals surface area contributed by atoms with Crippen molar-refractivity contribution in [2.24, 2.45) is 5.41 Å². The molecule has 0 aliphatic carbocycles. The number of hydrogen-bond donors (Lipinski definition) is 1. The Morgan fingerprint density at radius 3 is 1.89 bits per heavy atom. The minimum Gasteiger partial charge on any atom is -0.312 e. The van der Waals surface area contributed by atoms with Crippen LogP contribution in [0.4, 0.5) is 0 Å². The summed E-state index contributed by atoms with van der Waals surface area (Å²) in [6, 6.07) is 6.90. The van der Waals surface area contributed by atoms with Crippen molar-refractivity contribution in [2.45, 2.75) is 66.8 Å². The van der Waals surface area contributed by atoms with Crippen LogP contribution in [0.2, 0.25) is 0 Å². The first-order chi connectivity index (χ1) is 8.57. The van der Waals surface area contributed by atoms with Gasteiger partial charge in [0, 0.05) is 5.54 Å². The molecule has 19 heavy (non-hydrogen) atoms. The summed E-state index contributed by atoms with van der Waals surface area (Å²) in [6.45, 7) is 16.9. The Morgan fingerprint density at radius 1 is 0.895 bits per heavy atom. The molecular formula is C18H31N. The Kier molecular flexibility index (Phi) is 5.20. The van der Waals surface area contributed by atoms with Crippen LogP contribution in [0.5, 0.6) is 0 Å². The molecule has 0 heterocycles. The molecule has 0 spiro atoms. The minimum absolute atomic E-state index is 0.218. The summed E-state index contributed by atoms with van der Waals surface area (Å²) in [4.78, 5) is 0. The fourth-order valence-corrected chi connectivity index (χ4v) is 2.59. The first kappa shape index (κ1) is 16.2. The summed E-state index contributed by atoms with van der Waals surface area (Å²) >= 11 is 0. The van der Waals surface area contributed by atoms with Crippen LogP contribution in [0.15, 0.2) is 18.2 Å². The summed E-state index contributed by atoms with van der Waals surface area (Å²) in [7, 11) is 0. The van der Waals surface area contributed by atoms with Gasteiger partial charge in [0.25, 0.3) is 0 Å². The van der Waals surface area contributed by atoms with Gasteiger partial charge in [-0.2, -0.15) is 0 Å². The molecule has 108 valence electrons. The normalized spacial score (nSPS) is 12.8. The van der Waals surface area contributed by atoms with Gasteiger partial charge in [-0.25, -0.2) is 0 Å². The van der Waals surface area contributed by atoms with Gasteiger partial charge in [-0.05, 0) is 65.0 Å². The van der Waals surface area contributed by atoms with Crippen molar-refractivity contribution in [3.63, 3.8) is 0 Å². The molecule has 0 bridgehead atoms. The van der Waals surface area contributed by atoms with Crippen LogP contribution in [0, 0.1) is 19.3 Å². The molecule has 0 fully saturated rings. The molecule has 1 aromatic carbocycles. The monoisotopic (exact) mass is 261 g/mol. The van der Waals surface area contributed by atoms with Gasteiger partial charge >= 0.3 is 0 Å². The Bertz CT molecular complexity index is 390. The molecule has 0 radical (unpaired) electrons. The summed E-state index contributed by atoms with van der Waals surface area (Å²) in [5.41, 5.74) is 4.78. The molecule has 0 saturated heterocycles. The van der Waals surface area contributed by atoms with Crippen molar-refractivity contribution < 1.29 is 0 Å². The molecule has 1 rings (SSSR count). The maximum atomic E-state index is 3.59. The zero-order valence-corrected chi connectivity index (χ0v) is 13.9. The van der Waals surface area contributed by atoms with Gasteiger partial charge in [0.2, 0.25) is 0 Å². The van der Waals surface area contributed by atoms with Gasteiger partial charge < -0.3 is 5.32 Å². The lowest BCUT2D eigenvalue weighted by molar-refractivity contribution is 0.302. The third kappa shape index (κ3) is 6.77. The van der Waals surface area contributed by atoms with Gasteiger partial charge in [0.05, 0.1) is 0 Å². The fraction of sp³-hybridized carbons (Fsp3) is 0.667. The second-order valence-corrected chi connectivity index (χ2v) is 7.76. The zero-order chi connectivity index (χ0) is 14.7. The highest BCUT2D eigenvalue weighted by atomic mass is 14.9. The van der Waals surface area contributed by atoms with E-state index in [1.165, 1.54) is 23.1 Å². The van der Waals surface area contributed by atoms with E-state index in [1.54, 1.807) is 0 Å². The maximum Gasteiger partial charge on any atom is 0.00965 e. The second kappa shape index (κ2) is 6.09. The standard InChI is InChI=1S/C18H31N/c1-14-10-15(2)12-16(11-14)13-18(6,7)8-9-19-17(3,4)5/h10-12,19H,8-9,13H2,1-7H3. The van der Waals surface area contributed by atoms with Gasteiger partial charge in [-0.15, -0.1) is 0 Å². The Hall–Kier alpha value is -0.820. The van der Waals surface area contributed by atoms with Gasteiger partial charge in [0.1, 0.15) is 0 Å². The summed E-state index contributed by atoms with van der Waals surface area (Å²) in [5, 5.41) is 3.59. The van der Waals surface area contributed by atoms with Crippen molar-refractivity contribution >= 4 is 0 Å². The van der Waals surface area contributed by atoms with E-state index in [-0.39, 0.29) is 5.54 Å². The van der Waals surface area contributed by atoms with Crippen LogP contribution in [-0.4, -0.2) is 12.1 Å². The van der Waals surface area contributed by atoms with Gasteiger partial charge in [0.15, 0.2) is 0 Å². The Balaban J connectivity index is 2.58. The molecule has 0 aliphatic rings. The number of rotatable bonds is 5. The molecule has 0 aliphatic heterocycles. The van der Waals surface area contributed by atoms with Gasteiger partial charge in [-0.1, -0.05) is 43.2 Å². The molecule has 0 unspecified atom stereocenters. The van der Waals surface area contributed by atoms with E-state index >= 15 is 0 Å². The SMILES string of the molecule is Cc1cc(C)cc(CC(C)(C)CCNC(C)(C)C)c1. The van der Waals surface area contributed by atoms with Crippen LogP contribution in [0.25, 0.3) is 0 Å². The number of aryl methyl sites for hydroxylation is 2. The molecule has 0 saturated carbocycles. The van der Waals surface area contributed by atoms with E-state index < -0.39 is 0 Å². The second-order valence-electron chi connectivity index (χ2n) is 7.76. The van der Waals surface area contributed by atoms with Crippen molar-refractivity contribution in [3.05, 3.63) is 34.9 Å². The number of hydrogen-bond acceptors (Lipinski definition) is 1. The molecule has 1 heteroatoms. The topological polar surface area (TPSA) is 12.0 Å². The molecular weight excluding hydrogens is 230 g/mol. The van der Waals surface area contributed by atoms with E-state index in [9.17, 15) is 0 Å². The Labute approximate surface area is 119 Å². The summed E-state index contributed by atoms with van der Waals surface area (Å²) in [6.07, 6.45) is 2.36. The molecule has 0 aromatic heterocycles. The lowest BCUT2D eigenvalue weighted by Crippen LogP contribution is -2.38. The van der Waals surface area contributed by atoms with Crippen LogP contribution >= 0.6 is 0 Å². The molecule has 1 nitrogen and oxygen atoms in total. The minimum atomic E-state index is 0.218. The first-order valence-electron chi connectivity index (χ1n) is 7.40. The number of benzene rings is 1. The van der Waals surface area contributed by atoms with Crippen molar-refractivity contribution in [3.8, 4) is 0 Å². The number of nitrogens with one attached hydrogen (secondary N) is 1. The molecule has 1 aromatic rings. The van der Waals surface area contributed by atoms with Crippen LogP contribution in [0.3, 0.4) is 0 Å².